The maximum Gasteiger partial charge on any atom is 0.210 e. The van der Waals surface area contributed by atoms with Gasteiger partial charge in [-0.2, -0.15) is 0 Å². The summed E-state index contributed by atoms with van der Waals surface area (Å²) in [6.45, 7) is -0.416. The van der Waals surface area contributed by atoms with Gasteiger partial charge < -0.3 is 19.8 Å². The lowest BCUT2D eigenvalue weighted by atomic mass is 10.1. The summed E-state index contributed by atoms with van der Waals surface area (Å²) < 4.78 is 4.92. The summed E-state index contributed by atoms with van der Waals surface area (Å²) >= 11 is 0. The largest absolute Gasteiger partial charge is 0.393 e. The second-order valence-corrected chi connectivity index (χ2v) is 3.92. The molecule has 0 aliphatic rings. The molecule has 5 nitrogen and oxygen atoms in total. The predicted octanol–water partition coefficient (Wildman–Crippen LogP) is 0.592. The van der Waals surface area contributed by atoms with Gasteiger partial charge in [0.2, 0.25) is 5.76 Å². The van der Waals surface area contributed by atoms with Gasteiger partial charge in [-0.05, 0) is 23.6 Å². The van der Waals surface area contributed by atoms with Crippen molar-refractivity contribution in [2.75, 3.05) is 6.61 Å². The summed E-state index contributed by atoms with van der Waals surface area (Å²) in [4.78, 5) is 0. The van der Waals surface area contributed by atoms with Gasteiger partial charge in [-0.3, -0.25) is 0 Å². The quantitative estimate of drug-likeness (QED) is 0.702. The maximum absolute atomic E-state index is 9.34. The van der Waals surface area contributed by atoms with Crippen molar-refractivity contribution in [1.29, 1.82) is 0 Å². The van der Waals surface area contributed by atoms with E-state index in [1.54, 1.807) is 24.3 Å². The van der Waals surface area contributed by atoms with Gasteiger partial charge in [0.15, 0.2) is 0 Å². The predicted molar refractivity (Wildman–Crippen MR) is 66.9 cm³/mol. The number of hydrogen-bond acceptors (Lipinski definition) is 5. The minimum atomic E-state index is -1.05. The molecule has 5 heteroatoms. The van der Waals surface area contributed by atoms with Gasteiger partial charge in [-0.1, -0.05) is 23.2 Å². The van der Waals surface area contributed by atoms with Crippen LogP contribution in [0.25, 0.3) is 0 Å². The van der Waals surface area contributed by atoms with Crippen LogP contribution < -0.4 is 0 Å². The molecular formula is C14H13NO4. The molecule has 2 aromatic rings. The summed E-state index contributed by atoms with van der Waals surface area (Å²) in [6.07, 6.45) is -1.05. The van der Waals surface area contributed by atoms with Crippen LogP contribution in [-0.4, -0.2) is 27.1 Å². The molecule has 2 rings (SSSR count). The first kappa shape index (κ1) is 13.3. The summed E-state index contributed by atoms with van der Waals surface area (Å²) in [5.74, 6) is 5.95. The molecule has 1 atom stereocenters. The number of aliphatic hydroxyl groups excluding tert-OH is 3. The first-order chi connectivity index (χ1) is 9.22. The second kappa shape index (κ2) is 6.16. The van der Waals surface area contributed by atoms with Gasteiger partial charge in [0.1, 0.15) is 11.8 Å². The zero-order valence-corrected chi connectivity index (χ0v) is 10.1. The van der Waals surface area contributed by atoms with Gasteiger partial charge in [-0.15, -0.1) is 0 Å². The lowest BCUT2D eigenvalue weighted by Gasteiger charge is -1.98. The molecular weight excluding hydrogens is 246 g/mol. The van der Waals surface area contributed by atoms with Crippen molar-refractivity contribution in [3.8, 4) is 11.8 Å². The Morgan fingerprint density at radius 1 is 1.16 bits per heavy atom. The van der Waals surface area contributed by atoms with E-state index >= 15 is 0 Å². The minimum absolute atomic E-state index is 0.00177. The van der Waals surface area contributed by atoms with Crippen LogP contribution in [0, 0.1) is 11.8 Å². The van der Waals surface area contributed by atoms with E-state index in [2.05, 4.69) is 17.0 Å². The molecule has 3 N–H and O–H groups in total. The highest BCUT2D eigenvalue weighted by molar-refractivity contribution is 5.40. The topological polar surface area (TPSA) is 86.7 Å². The number of rotatable bonds is 3. The molecule has 0 spiro atoms. The van der Waals surface area contributed by atoms with Crippen molar-refractivity contribution < 1.29 is 19.8 Å². The highest BCUT2D eigenvalue weighted by atomic mass is 16.5. The Bertz CT molecular complexity index is 592. The number of benzene rings is 1. The van der Waals surface area contributed by atoms with Crippen molar-refractivity contribution in [2.24, 2.45) is 0 Å². The van der Waals surface area contributed by atoms with Crippen molar-refractivity contribution in [3.05, 3.63) is 52.9 Å². The van der Waals surface area contributed by atoms with Crippen molar-refractivity contribution in [2.45, 2.75) is 12.7 Å². The Morgan fingerprint density at radius 2 is 1.89 bits per heavy atom. The molecule has 0 amide bonds. The van der Waals surface area contributed by atoms with Gasteiger partial charge in [-0.25, -0.2) is 0 Å². The molecule has 1 unspecified atom stereocenters. The number of aromatic nitrogens is 1. The van der Waals surface area contributed by atoms with E-state index in [4.69, 9.17) is 14.7 Å². The first-order valence-corrected chi connectivity index (χ1v) is 5.70. The molecule has 0 bridgehead atoms. The SMILES string of the molecule is OCc1ccc(C#Cc2cc(C(O)CO)no2)cc1. The lowest BCUT2D eigenvalue weighted by molar-refractivity contribution is 0.0893. The van der Waals surface area contributed by atoms with Gasteiger partial charge in [0, 0.05) is 11.6 Å². The smallest absolute Gasteiger partial charge is 0.210 e. The number of nitrogens with zero attached hydrogens (tertiary/aromatic N) is 1. The number of hydrogen-bond donors (Lipinski definition) is 3. The van der Waals surface area contributed by atoms with E-state index in [1.165, 1.54) is 6.07 Å². The molecule has 98 valence electrons. The van der Waals surface area contributed by atoms with Crippen LogP contribution in [0.5, 0.6) is 0 Å². The lowest BCUT2D eigenvalue weighted by Crippen LogP contribution is -2.01. The Labute approximate surface area is 110 Å². The Balaban J connectivity index is 2.12. The zero-order valence-electron chi connectivity index (χ0n) is 10.1. The third-order valence-corrected chi connectivity index (χ3v) is 2.51. The summed E-state index contributed by atoms with van der Waals surface area (Å²) in [5, 5.41) is 30.6. The van der Waals surface area contributed by atoms with Gasteiger partial charge >= 0.3 is 0 Å². The Morgan fingerprint density at radius 3 is 2.53 bits per heavy atom. The zero-order chi connectivity index (χ0) is 13.7. The monoisotopic (exact) mass is 259 g/mol. The highest BCUT2D eigenvalue weighted by Crippen LogP contribution is 2.11. The molecule has 1 aromatic carbocycles. The molecule has 1 heterocycles. The molecule has 19 heavy (non-hydrogen) atoms. The molecule has 0 saturated heterocycles. The molecule has 0 aliphatic carbocycles. The highest BCUT2D eigenvalue weighted by Gasteiger charge is 2.10. The summed E-state index contributed by atoms with van der Waals surface area (Å²) in [5.41, 5.74) is 1.85. The molecule has 0 fully saturated rings. The molecule has 0 saturated carbocycles. The molecule has 1 aromatic heterocycles. The maximum atomic E-state index is 9.34. The van der Waals surface area contributed by atoms with Crippen molar-refractivity contribution in [1.82, 2.24) is 5.16 Å². The third-order valence-electron chi connectivity index (χ3n) is 2.51. The summed E-state index contributed by atoms with van der Waals surface area (Å²) in [6, 6.07) is 8.63. The average molecular weight is 259 g/mol. The van der Waals surface area contributed by atoms with Gasteiger partial charge in [0.05, 0.1) is 13.2 Å². The van der Waals surface area contributed by atoms with Crippen LogP contribution >= 0.6 is 0 Å². The molecule has 0 aliphatic heterocycles. The fourth-order valence-electron chi connectivity index (χ4n) is 1.43. The van der Waals surface area contributed by atoms with Crippen LogP contribution in [-0.2, 0) is 6.61 Å². The van der Waals surface area contributed by atoms with Crippen LogP contribution in [0.1, 0.15) is 28.7 Å². The van der Waals surface area contributed by atoms with E-state index in [1.807, 2.05) is 0 Å². The van der Waals surface area contributed by atoms with Crippen molar-refractivity contribution >= 4 is 0 Å². The van der Waals surface area contributed by atoms with Gasteiger partial charge in [0.25, 0.3) is 0 Å². The summed E-state index contributed by atoms with van der Waals surface area (Å²) in [7, 11) is 0. The average Bonchev–Trinajstić information content (AvgIpc) is 2.93. The van der Waals surface area contributed by atoms with E-state index < -0.39 is 12.7 Å². The van der Waals surface area contributed by atoms with Crippen LogP contribution in [0.2, 0.25) is 0 Å². The Kier molecular flexibility index (Phi) is 4.31. The second-order valence-electron chi connectivity index (χ2n) is 3.92. The Hall–Kier alpha value is -2.13. The van der Waals surface area contributed by atoms with E-state index in [0.29, 0.717) is 5.76 Å². The molecule has 0 radical (unpaired) electrons. The van der Waals surface area contributed by atoms with E-state index in [9.17, 15) is 5.11 Å². The minimum Gasteiger partial charge on any atom is -0.393 e. The normalized spacial score (nSPS) is 11.7. The van der Waals surface area contributed by atoms with Crippen molar-refractivity contribution in [3.63, 3.8) is 0 Å². The van der Waals surface area contributed by atoms with E-state index in [0.717, 1.165) is 11.1 Å². The number of aliphatic hydroxyl groups is 3. The third kappa shape index (κ3) is 3.42. The first-order valence-electron chi connectivity index (χ1n) is 5.70. The van der Waals surface area contributed by atoms with Crippen LogP contribution in [0.3, 0.4) is 0 Å². The standard InChI is InChI=1S/C14H13NO4/c16-8-11-3-1-10(2-4-11)5-6-12-7-13(15-19-12)14(18)9-17/h1-4,7,14,16-18H,8-9H2. The van der Waals surface area contributed by atoms with Crippen LogP contribution in [0.4, 0.5) is 0 Å². The fourth-order valence-corrected chi connectivity index (χ4v) is 1.43. The van der Waals surface area contributed by atoms with Crippen LogP contribution in [0.15, 0.2) is 34.9 Å². The van der Waals surface area contributed by atoms with E-state index in [-0.39, 0.29) is 12.3 Å². The fraction of sp³-hybridized carbons (Fsp3) is 0.214.